The summed E-state index contributed by atoms with van der Waals surface area (Å²) in [7, 11) is 5.26. The van der Waals surface area contributed by atoms with E-state index >= 15 is 0 Å². The van der Waals surface area contributed by atoms with E-state index in [0.29, 0.717) is 12.8 Å². The minimum atomic E-state index is -0.195. The van der Waals surface area contributed by atoms with E-state index in [2.05, 4.69) is 0 Å². The lowest BCUT2D eigenvalue weighted by Crippen LogP contribution is -2.03. The van der Waals surface area contributed by atoms with Crippen molar-refractivity contribution in [1.82, 2.24) is 0 Å². The molecule has 0 aliphatic heterocycles. The van der Waals surface area contributed by atoms with Crippen molar-refractivity contribution in [3.63, 3.8) is 0 Å². The second kappa shape index (κ2) is 4.15. The minimum Gasteiger partial charge on any atom is -0.513 e. The number of allylic oxidation sites excluding steroid dienone is 2. The summed E-state index contributed by atoms with van der Waals surface area (Å²) >= 11 is 0. The number of rotatable bonds is 3. The molecule has 0 aliphatic rings. The third kappa shape index (κ3) is 2.25. The Morgan fingerprint density at radius 1 is 1.40 bits per heavy atom. The second-order valence-electron chi connectivity index (χ2n) is 1.99. The molecule has 2 radical (unpaired) electrons. The van der Waals surface area contributed by atoms with Gasteiger partial charge in [0.2, 0.25) is 0 Å². The highest BCUT2D eigenvalue weighted by Crippen LogP contribution is 2.03. The summed E-state index contributed by atoms with van der Waals surface area (Å²) in [6.45, 7) is 3.45. The van der Waals surface area contributed by atoms with E-state index in [1.807, 2.05) is 0 Å². The number of hydrogen-bond acceptors (Lipinski definition) is 2. The first-order chi connectivity index (χ1) is 4.63. The predicted octanol–water partition coefficient (Wildman–Crippen LogP) is 1.31. The number of carbonyl (C=O) groups excluding carboxylic acids is 1. The largest absolute Gasteiger partial charge is 0.513 e. The molecule has 0 aromatic carbocycles. The van der Waals surface area contributed by atoms with Crippen molar-refractivity contribution in [3.8, 4) is 0 Å². The maximum absolute atomic E-state index is 10.8. The predicted molar refractivity (Wildman–Crippen MR) is 41.0 cm³/mol. The normalized spacial score (nSPS) is 12.6. The highest BCUT2D eigenvalue weighted by Gasteiger charge is 2.04. The van der Waals surface area contributed by atoms with Crippen molar-refractivity contribution in [2.75, 3.05) is 0 Å². The summed E-state index contributed by atoms with van der Waals surface area (Å²) < 4.78 is 0. The van der Waals surface area contributed by atoms with Gasteiger partial charge in [0.05, 0.1) is 5.76 Å². The van der Waals surface area contributed by atoms with Crippen molar-refractivity contribution >= 4 is 13.6 Å². The van der Waals surface area contributed by atoms with Crippen molar-refractivity contribution in [3.05, 3.63) is 11.2 Å². The summed E-state index contributed by atoms with van der Waals surface area (Å²) in [4.78, 5) is 10.8. The first-order valence-corrected chi connectivity index (χ1v) is 3.34. The van der Waals surface area contributed by atoms with Gasteiger partial charge in [-0.05, 0) is 5.47 Å². The van der Waals surface area contributed by atoms with Gasteiger partial charge in [0.25, 0.3) is 0 Å². The fraction of sp³-hybridized carbons (Fsp3) is 0.571. The lowest BCUT2D eigenvalue weighted by molar-refractivity contribution is -0.114. The van der Waals surface area contributed by atoms with Gasteiger partial charge >= 0.3 is 0 Å². The lowest BCUT2D eigenvalue weighted by Gasteiger charge is -2.00. The number of carbonyl (C=O) groups is 1. The molecule has 0 fully saturated rings. The molecule has 0 aromatic rings. The summed E-state index contributed by atoms with van der Waals surface area (Å²) in [5, 5.41) is 8.96. The fourth-order valence-electron chi connectivity index (χ4n) is 0.542. The van der Waals surface area contributed by atoms with Gasteiger partial charge in [0.1, 0.15) is 7.85 Å². The third-order valence-corrected chi connectivity index (χ3v) is 1.27. The van der Waals surface area contributed by atoms with Crippen LogP contribution in [-0.2, 0) is 4.79 Å². The fourth-order valence-corrected chi connectivity index (χ4v) is 0.542. The zero-order chi connectivity index (χ0) is 8.15. The number of aliphatic hydroxyl groups excluding tert-OH is 1. The van der Waals surface area contributed by atoms with Crippen LogP contribution in [0.2, 0.25) is 0 Å². The van der Waals surface area contributed by atoms with Crippen LogP contribution in [0.1, 0.15) is 26.7 Å². The quantitative estimate of drug-likeness (QED) is 0.362. The van der Waals surface area contributed by atoms with Gasteiger partial charge < -0.3 is 5.11 Å². The van der Waals surface area contributed by atoms with E-state index in [0.717, 1.165) is 0 Å². The second-order valence-corrected chi connectivity index (χ2v) is 1.99. The molecule has 54 valence electrons. The van der Waals surface area contributed by atoms with Crippen LogP contribution in [0.15, 0.2) is 11.2 Å². The molecule has 2 nitrogen and oxygen atoms in total. The number of hydrogen-bond donors (Lipinski definition) is 1. The molecule has 0 amide bonds. The van der Waals surface area contributed by atoms with Crippen molar-refractivity contribution in [2.24, 2.45) is 0 Å². The number of aliphatic hydroxyl groups is 1. The van der Waals surface area contributed by atoms with E-state index in [-0.39, 0.29) is 17.0 Å². The zero-order valence-corrected chi connectivity index (χ0v) is 6.35. The SMILES string of the molecule is [B]/C(C(=O)CC)=C(/O)CC. The van der Waals surface area contributed by atoms with Gasteiger partial charge in [-0.3, -0.25) is 4.79 Å². The average Bonchev–Trinajstić information content (AvgIpc) is 2.00. The van der Waals surface area contributed by atoms with Gasteiger partial charge in [0.15, 0.2) is 5.78 Å². The Bertz CT molecular complexity index is 161. The van der Waals surface area contributed by atoms with Gasteiger partial charge in [-0.25, -0.2) is 0 Å². The molecular formula is C7H11BO2. The molecule has 10 heavy (non-hydrogen) atoms. The Balaban J connectivity index is 4.30. The summed E-state index contributed by atoms with van der Waals surface area (Å²) in [6.07, 6.45) is 0.757. The molecule has 3 heteroatoms. The minimum absolute atomic E-state index is 0.00463. The van der Waals surface area contributed by atoms with E-state index < -0.39 is 0 Å². The molecule has 0 rings (SSSR count). The van der Waals surface area contributed by atoms with Crippen molar-refractivity contribution in [1.29, 1.82) is 0 Å². The highest BCUT2D eigenvalue weighted by atomic mass is 16.3. The van der Waals surface area contributed by atoms with Crippen LogP contribution in [0.25, 0.3) is 0 Å². The first-order valence-electron chi connectivity index (χ1n) is 3.34. The van der Waals surface area contributed by atoms with Gasteiger partial charge in [-0.2, -0.15) is 0 Å². The Morgan fingerprint density at radius 2 is 1.90 bits per heavy atom. The van der Waals surface area contributed by atoms with Crippen molar-refractivity contribution < 1.29 is 9.90 Å². The van der Waals surface area contributed by atoms with Crippen LogP contribution in [0.4, 0.5) is 0 Å². The molecule has 0 atom stereocenters. The van der Waals surface area contributed by atoms with E-state index in [1.165, 1.54) is 0 Å². The third-order valence-electron chi connectivity index (χ3n) is 1.27. The summed E-state index contributed by atoms with van der Waals surface area (Å²) in [5.74, 6) is -0.203. The average molecular weight is 138 g/mol. The Hall–Kier alpha value is -0.725. The molecule has 0 saturated heterocycles. The molecule has 0 aliphatic carbocycles. The summed E-state index contributed by atoms with van der Waals surface area (Å²) in [5.41, 5.74) is 0.00463. The van der Waals surface area contributed by atoms with Gasteiger partial charge in [-0.1, -0.05) is 13.8 Å². The van der Waals surface area contributed by atoms with E-state index in [9.17, 15) is 4.79 Å². The smallest absolute Gasteiger partial charge is 0.151 e. The Morgan fingerprint density at radius 3 is 2.20 bits per heavy atom. The van der Waals surface area contributed by atoms with Crippen molar-refractivity contribution in [2.45, 2.75) is 26.7 Å². The highest BCUT2D eigenvalue weighted by molar-refractivity contribution is 6.37. The molecule has 0 heterocycles. The lowest BCUT2D eigenvalue weighted by atomic mass is 9.88. The van der Waals surface area contributed by atoms with Crippen LogP contribution >= 0.6 is 0 Å². The molecular weight excluding hydrogens is 127 g/mol. The number of ketones is 1. The topological polar surface area (TPSA) is 37.3 Å². The number of Topliss-reactive ketones (excluding diaryl/α,β-unsaturated/α-hetero) is 1. The Labute approximate surface area is 62.3 Å². The monoisotopic (exact) mass is 138 g/mol. The maximum Gasteiger partial charge on any atom is 0.151 e. The molecule has 0 spiro atoms. The Kier molecular flexibility index (Phi) is 3.85. The van der Waals surface area contributed by atoms with Crippen LogP contribution in [-0.4, -0.2) is 18.7 Å². The van der Waals surface area contributed by atoms with Crippen LogP contribution in [0.5, 0.6) is 0 Å². The van der Waals surface area contributed by atoms with Crippen LogP contribution in [0, 0.1) is 0 Å². The molecule has 0 saturated carbocycles. The summed E-state index contributed by atoms with van der Waals surface area (Å²) in [6, 6.07) is 0. The van der Waals surface area contributed by atoms with Gasteiger partial charge in [0, 0.05) is 12.8 Å². The van der Waals surface area contributed by atoms with Crippen LogP contribution < -0.4 is 0 Å². The maximum atomic E-state index is 10.8. The zero-order valence-electron chi connectivity index (χ0n) is 6.35. The van der Waals surface area contributed by atoms with E-state index in [4.69, 9.17) is 13.0 Å². The first kappa shape index (κ1) is 9.27. The standard InChI is InChI=1S/C7H11BO2/c1-3-5(9)7(8)6(10)4-2/h9H,3-4H2,1-2H3/b7-5+. The molecule has 0 bridgehead atoms. The molecule has 0 aromatic heterocycles. The molecule has 0 unspecified atom stereocenters. The van der Waals surface area contributed by atoms with Crippen LogP contribution in [0.3, 0.4) is 0 Å². The van der Waals surface area contributed by atoms with E-state index in [1.54, 1.807) is 13.8 Å². The van der Waals surface area contributed by atoms with Gasteiger partial charge in [-0.15, -0.1) is 0 Å². The molecule has 1 N–H and O–H groups in total.